The third-order valence-electron chi connectivity index (χ3n) is 5.87. The van der Waals surface area contributed by atoms with Gasteiger partial charge in [0.2, 0.25) is 5.91 Å². The van der Waals surface area contributed by atoms with Crippen LogP contribution >= 0.6 is 24.8 Å². The summed E-state index contributed by atoms with van der Waals surface area (Å²) in [7, 11) is 0. The van der Waals surface area contributed by atoms with Crippen molar-refractivity contribution >= 4 is 30.7 Å². The summed E-state index contributed by atoms with van der Waals surface area (Å²) in [5.41, 5.74) is 0. The molecule has 3 aliphatic heterocycles. The second-order valence-corrected chi connectivity index (χ2v) is 8.41. The van der Waals surface area contributed by atoms with E-state index >= 15 is 0 Å². The molecule has 3 fully saturated rings. The maximum Gasteiger partial charge on any atom is 0.240 e. The maximum atomic E-state index is 13.3. The number of halogens is 2. The van der Waals surface area contributed by atoms with Gasteiger partial charge in [0.25, 0.3) is 0 Å². The van der Waals surface area contributed by atoms with E-state index in [0.29, 0.717) is 17.9 Å². The summed E-state index contributed by atoms with van der Waals surface area (Å²) in [5.74, 6) is 0.650. The van der Waals surface area contributed by atoms with Crippen molar-refractivity contribution in [3.63, 3.8) is 0 Å². The van der Waals surface area contributed by atoms with E-state index in [-0.39, 0.29) is 43.1 Å². The zero-order chi connectivity index (χ0) is 18.0. The number of amides is 1. The topological polar surface area (TPSA) is 48.1 Å². The molecule has 160 valence electrons. The van der Waals surface area contributed by atoms with E-state index in [2.05, 4.69) is 47.7 Å². The number of likely N-dealkylation sites (tertiary alicyclic amines) is 1. The number of ether oxygens (including phenoxy) is 1. The van der Waals surface area contributed by atoms with Crippen molar-refractivity contribution in [1.82, 2.24) is 20.0 Å². The van der Waals surface area contributed by atoms with Gasteiger partial charge in [-0.05, 0) is 26.2 Å². The van der Waals surface area contributed by atoms with Gasteiger partial charge in [0.1, 0.15) is 0 Å². The fraction of sp³-hybridized carbons (Fsp3) is 0.947. The molecular formula is C19H38Cl2N4O2. The van der Waals surface area contributed by atoms with Crippen LogP contribution in [0.1, 0.15) is 34.1 Å². The SMILES string of the molecule is CC1CN(C(C(=O)N2CCC(N3CCNCC3)C2)C(C)C)CC(C)O1.Cl.Cl. The van der Waals surface area contributed by atoms with Gasteiger partial charge in [-0.2, -0.15) is 0 Å². The molecular weight excluding hydrogens is 387 g/mol. The van der Waals surface area contributed by atoms with Crippen molar-refractivity contribution in [2.45, 2.75) is 58.4 Å². The molecule has 6 nitrogen and oxygen atoms in total. The molecule has 4 atom stereocenters. The fourth-order valence-corrected chi connectivity index (χ4v) is 4.78. The number of piperazine rings is 1. The van der Waals surface area contributed by atoms with Crippen LogP contribution in [0.5, 0.6) is 0 Å². The fourth-order valence-electron chi connectivity index (χ4n) is 4.78. The number of hydrogen-bond donors (Lipinski definition) is 1. The Balaban J connectivity index is 0.00000182. The minimum absolute atomic E-state index is 0. The minimum Gasteiger partial charge on any atom is -0.373 e. The van der Waals surface area contributed by atoms with Crippen LogP contribution in [0.3, 0.4) is 0 Å². The average molecular weight is 425 g/mol. The molecule has 0 aromatic heterocycles. The highest BCUT2D eigenvalue weighted by Crippen LogP contribution is 2.23. The predicted octanol–water partition coefficient (Wildman–Crippen LogP) is 1.47. The summed E-state index contributed by atoms with van der Waals surface area (Å²) in [4.78, 5) is 20.4. The number of nitrogens with zero attached hydrogens (tertiary/aromatic N) is 3. The lowest BCUT2D eigenvalue weighted by Crippen LogP contribution is -2.57. The molecule has 3 saturated heterocycles. The molecule has 3 heterocycles. The van der Waals surface area contributed by atoms with Gasteiger partial charge >= 0.3 is 0 Å². The van der Waals surface area contributed by atoms with E-state index in [4.69, 9.17) is 4.74 Å². The predicted molar refractivity (Wildman–Crippen MR) is 114 cm³/mol. The molecule has 0 spiro atoms. The van der Waals surface area contributed by atoms with Gasteiger partial charge in [-0.3, -0.25) is 14.6 Å². The van der Waals surface area contributed by atoms with Crippen molar-refractivity contribution in [2.24, 2.45) is 5.92 Å². The Morgan fingerprint density at radius 1 is 1.00 bits per heavy atom. The van der Waals surface area contributed by atoms with Crippen molar-refractivity contribution in [3.05, 3.63) is 0 Å². The van der Waals surface area contributed by atoms with Crippen molar-refractivity contribution < 1.29 is 9.53 Å². The van der Waals surface area contributed by atoms with Crippen LogP contribution in [0.4, 0.5) is 0 Å². The lowest BCUT2D eigenvalue weighted by Gasteiger charge is -2.42. The molecule has 0 radical (unpaired) electrons. The van der Waals surface area contributed by atoms with Crippen LogP contribution in [-0.4, -0.2) is 97.3 Å². The Bertz CT molecular complexity index is 453. The van der Waals surface area contributed by atoms with Crippen LogP contribution in [0, 0.1) is 5.92 Å². The number of carbonyl (C=O) groups excluding carboxylic acids is 1. The third-order valence-corrected chi connectivity index (χ3v) is 5.87. The molecule has 4 unspecified atom stereocenters. The van der Waals surface area contributed by atoms with E-state index in [1.165, 1.54) is 0 Å². The molecule has 3 aliphatic rings. The highest BCUT2D eigenvalue weighted by Gasteiger charge is 2.39. The van der Waals surface area contributed by atoms with E-state index in [0.717, 1.165) is 58.8 Å². The van der Waals surface area contributed by atoms with Gasteiger partial charge in [-0.1, -0.05) is 13.8 Å². The molecule has 8 heteroatoms. The Kier molecular flexibility index (Phi) is 10.3. The summed E-state index contributed by atoms with van der Waals surface area (Å²) >= 11 is 0. The van der Waals surface area contributed by atoms with Gasteiger partial charge in [0.15, 0.2) is 0 Å². The van der Waals surface area contributed by atoms with E-state index in [1.54, 1.807) is 0 Å². The Labute approximate surface area is 177 Å². The van der Waals surface area contributed by atoms with Gasteiger partial charge in [0.05, 0.1) is 18.2 Å². The highest BCUT2D eigenvalue weighted by atomic mass is 35.5. The number of rotatable bonds is 4. The summed E-state index contributed by atoms with van der Waals surface area (Å²) in [6.07, 6.45) is 1.52. The number of carbonyl (C=O) groups is 1. The van der Waals surface area contributed by atoms with E-state index in [1.807, 2.05) is 0 Å². The molecule has 3 rings (SSSR count). The number of hydrogen-bond acceptors (Lipinski definition) is 5. The molecule has 1 N–H and O–H groups in total. The lowest BCUT2D eigenvalue weighted by atomic mass is 9.99. The molecule has 0 saturated carbocycles. The molecule has 0 aromatic rings. The standard InChI is InChI=1S/C19H36N4O2.2ClH/c1-14(2)18(23-11-15(3)25-16(4)12-23)19(24)22-8-5-17(13-22)21-9-6-20-7-10-21;;/h14-18,20H,5-13H2,1-4H3;2*1H. The highest BCUT2D eigenvalue weighted by molar-refractivity contribution is 5.85. The second kappa shape index (κ2) is 11.2. The lowest BCUT2D eigenvalue weighted by molar-refractivity contribution is -0.144. The number of nitrogens with one attached hydrogen (secondary N) is 1. The Morgan fingerprint density at radius 3 is 2.15 bits per heavy atom. The summed E-state index contributed by atoms with van der Waals surface area (Å²) in [5, 5.41) is 3.42. The van der Waals surface area contributed by atoms with Gasteiger partial charge in [-0.15, -0.1) is 24.8 Å². The zero-order valence-electron chi connectivity index (χ0n) is 17.2. The molecule has 1 amide bonds. The largest absolute Gasteiger partial charge is 0.373 e. The van der Waals surface area contributed by atoms with Crippen molar-refractivity contribution in [3.8, 4) is 0 Å². The molecule has 27 heavy (non-hydrogen) atoms. The summed E-state index contributed by atoms with van der Waals surface area (Å²) in [6, 6.07) is 0.525. The smallest absolute Gasteiger partial charge is 0.240 e. The van der Waals surface area contributed by atoms with Crippen LogP contribution < -0.4 is 5.32 Å². The van der Waals surface area contributed by atoms with Crippen LogP contribution in [0.2, 0.25) is 0 Å². The van der Waals surface area contributed by atoms with E-state index in [9.17, 15) is 4.79 Å². The van der Waals surface area contributed by atoms with Crippen LogP contribution in [0.25, 0.3) is 0 Å². The summed E-state index contributed by atoms with van der Waals surface area (Å²) < 4.78 is 5.87. The molecule has 0 aromatic carbocycles. The Morgan fingerprint density at radius 2 is 1.59 bits per heavy atom. The van der Waals surface area contributed by atoms with Gasteiger partial charge in [-0.25, -0.2) is 0 Å². The maximum absolute atomic E-state index is 13.3. The summed E-state index contributed by atoms with van der Waals surface area (Å²) in [6.45, 7) is 16.5. The normalized spacial score (nSPS) is 31.3. The van der Waals surface area contributed by atoms with Gasteiger partial charge < -0.3 is 15.0 Å². The van der Waals surface area contributed by atoms with Crippen molar-refractivity contribution in [2.75, 3.05) is 52.4 Å². The van der Waals surface area contributed by atoms with E-state index < -0.39 is 0 Å². The first-order valence-electron chi connectivity index (χ1n) is 10.1. The first-order chi connectivity index (χ1) is 12.0. The quantitative estimate of drug-likeness (QED) is 0.740. The molecule has 0 bridgehead atoms. The second-order valence-electron chi connectivity index (χ2n) is 8.41. The number of morpholine rings is 1. The third kappa shape index (κ3) is 6.18. The van der Waals surface area contributed by atoms with Gasteiger partial charge in [0, 0.05) is 58.4 Å². The minimum atomic E-state index is -0.0180. The van der Waals surface area contributed by atoms with Crippen LogP contribution in [0.15, 0.2) is 0 Å². The first kappa shape index (κ1) is 24.9. The monoisotopic (exact) mass is 424 g/mol. The van der Waals surface area contributed by atoms with Crippen LogP contribution in [-0.2, 0) is 9.53 Å². The first-order valence-corrected chi connectivity index (χ1v) is 10.1. The average Bonchev–Trinajstić information content (AvgIpc) is 3.04. The molecule has 0 aliphatic carbocycles. The zero-order valence-corrected chi connectivity index (χ0v) is 18.9. The Hall–Kier alpha value is -0.110. The van der Waals surface area contributed by atoms with Crippen molar-refractivity contribution in [1.29, 1.82) is 0 Å².